The second-order valence-electron chi connectivity index (χ2n) is 8.38. The molecule has 4 N–H and O–H groups in total. The number of hydrogen-bond acceptors (Lipinski definition) is 7. The Morgan fingerprint density at radius 2 is 1.86 bits per heavy atom. The molecule has 1 aliphatic heterocycles. The summed E-state index contributed by atoms with van der Waals surface area (Å²) < 4.78 is 17.4. The van der Waals surface area contributed by atoms with Crippen LogP contribution in [0, 0.1) is 5.41 Å². The van der Waals surface area contributed by atoms with Gasteiger partial charge in [0.25, 0.3) is 5.91 Å². The van der Waals surface area contributed by atoms with Crippen LogP contribution < -0.4 is 20.5 Å². The van der Waals surface area contributed by atoms with E-state index in [4.69, 9.17) is 25.4 Å². The topological polar surface area (TPSA) is 110 Å². The number of carbonyl (C=O) groups is 1. The first-order chi connectivity index (χ1) is 16.9. The summed E-state index contributed by atoms with van der Waals surface area (Å²) in [5.41, 5.74) is 8.23. The molecule has 0 unspecified atom stereocenters. The maximum Gasteiger partial charge on any atom is 0.255 e. The van der Waals surface area contributed by atoms with Crippen molar-refractivity contribution in [2.24, 2.45) is 5.73 Å². The molecule has 2 aromatic rings. The van der Waals surface area contributed by atoms with Crippen molar-refractivity contribution >= 4 is 39.3 Å². The molecule has 1 aliphatic rings. The third kappa shape index (κ3) is 6.15. The Morgan fingerprint density at radius 3 is 2.43 bits per heavy atom. The summed E-state index contributed by atoms with van der Waals surface area (Å²) in [7, 11) is 4.94. The Hall–Kier alpha value is -3.04. The van der Waals surface area contributed by atoms with Crippen molar-refractivity contribution in [3.05, 3.63) is 58.2 Å². The maximum absolute atomic E-state index is 13.1. The van der Waals surface area contributed by atoms with Crippen LogP contribution in [-0.2, 0) is 4.74 Å². The van der Waals surface area contributed by atoms with Crippen molar-refractivity contribution in [1.29, 1.82) is 5.41 Å². The summed E-state index contributed by atoms with van der Waals surface area (Å²) in [6.07, 6.45) is 4.92. The van der Waals surface area contributed by atoms with Crippen LogP contribution >= 0.6 is 15.9 Å². The van der Waals surface area contributed by atoms with Gasteiger partial charge in [-0.05, 0) is 65.5 Å². The highest BCUT2D eigenvalue weighted by atomic mass is 79.9. The molecule has 8 nitrogen and oxygen atoms in total. The fourth-order valence-corrected chi connectivity index (χ4v) is 4.86. The van der Waals surface area contributed by atoms with Crippen molar-refractivity contribution in [2.75, 3.05) is 46.3 Å². The minimum atomic E-state index is -0.291. The average molecular weight is 545 g/mol. The largest absolute Gasteiger partial charge is 0.497 e. The lowest BCUT2D eigenvalue weighted by Crippen LogP contribution is -2.48. The van der Waals surface area contributed by atoms with Crippen molar-refractivity contribution in [3.63, 3.8) is 0 Å². The Balaban J connectivity index is 1.59. The standard InChI is InChI=1S/C26H33BrN4O4/c1-33-20-5-7-22(23(27)15-20)25(32)31-12-9-26(35-3,10-13-31)8-11-30-19-4-6-21(18(16-28)17-29)24(14-19)34-2/h4-7,14-17,28,30H,8-13,29H2,1-3H3/b18-17+,28-16?. The summed E-state index contributed by atoms with van der Waals surface area (Å²) in [6, 6.07) is 11.1. The lowest BCUT2D eigenvalue weighted by atomic mass is 9.87. The van der Waals surface area contributed by atoms with Gasteiger partial charge in [-0.25, -0.2) is 0 Å². The van der Waals surface area contributed by atoms with E-state index in [2.05, 4.69) is 21.2 Å². The number of anilines is 1. The van der Waals surface area contributed by atoms with E-state index in [0.717, 1.165) is 35.0 Å². The molecule has 2 aromatic carbocycles. The zero-order valence-electron chi connectivity index (χ0n) is 20.4. The molecule has 1 heterocycles. The number of nitrogens with two attached hydrogens (primary N) is 1. The Kier molecular flexibility index (Phi) is 9.17. The minimum Gasteiger partial charge on any atom is -0.497 e. The van der Waals surface area contributed by atoms with Crippen LogP contribution in [0.25, 0.3) is 5.57 Å². The number of nitrogens with one attached hydrogen (secondary N) is 2. The summed E-state index contributed by atoms with van der Waals surface area (Å²) in [5, 5.41) is 11.0. The summed E-state index contributed by atoms with van der Waals surface area (Å²) in [4.78, 5) is 14.9. The van der Waals surface area contributed by atoms with Gasteiger partial charge in [-0.15, -0.1) is 0 Å². The van der Waals surface area contributed by atoms with E-state index in [1.54, 1.807) is 33.5 Å². The Bertz CT molecular complexity index is 1080. The van der Waals surface area contributed by atoms with Gasteiger partial charge in [0.15, 0.2) is 0 Å². The van der Waals surface area contributed by atoms with E-state index in [-0.39, 0.29) is 11.5 Å². The van der Waals surface area contributed by atoms with Crippen LogP contribution in [0.5, 0.6) is 11.5 Å². The van der Waals surface area contributed by atoms with Gasteiger partial charge in [-0.2, -0.15) is 0 Å². The van der Waals surface area contributed by atoms with Gasteiger partial charge in [-0.3, -0.25) is 4.79 Å². The number of hydrogen-bond donors (Lipinski definition) is 3. The highest BCUT2D eigenvalue weighted by molar-refractivity contribution is 9.10. The van der Waals surface area contributed by atoms with E-state index < -0.39 is 0 Å². The fraction of sp³-hybridized carbons (Fsp3) is 0.385. The molecular weight excluding hydrogens is 512 g/mol. The van der Waals surface area contributed by atoms with Gasteiger partial charge in [0.1, 0.15) is 11.5 Å². The lowest BCUT2D eigenvalue weighted by molar-refractivity contribution is -0.0554. The number of piperidine rings is 1. The SMILES string of the molecule is COc1ccc(C(=O)N2CCC(CCNc3ccc(/C(C=N)=C/N)c(OC)c3)(OC)CC2)c(Br)c1. The van der Waals surface area contributed by atoms with Crippen molar-refractivity contribution < 1.29 is 19.0 Å². The molecule has 0 aromatic heterocycles. The van der Waals surface area contributed by atoms with Gasteiger partial charge in [0.05, 0.1) is 25.4 Å². The molecular formula is C26H33BrN4O4. The first-order valence-corrected chi connectivity index (χ1v) is 12.2. The second kappa shape index (κ2) is 12.1. The minimum absolute atomic E-state index is 0.00497. The van der Waals surface area contributed by atoms with Crippen molar-refractivity contribution in [1.82, 2.24) is 4.90 Å². The predicted octanol–water partition coefficient (Wildman–Crippen LogP) is 4.54. The molecule has 0 radical (unpaired) electrons. The quantitative estimate of drug-likeness (QED) is 0.379. The highest BCUT2D eigenvalue weighted by Gasteiger charge is 2.36. The number of rotatable bonds is 10. The van der Waals surface area contributed by atoms with Crippen LogP contribution in [0.2, 0.25) is 0 Å². The number of nitrogens with zero attached hydrogens (tertiary/aromatic N) is 1. The van der Waals surface area contributed by atoms with E-state index in [9.17, 15) is 4.79 Å². The van der Waals surface area contributed by atoms with Gasteiger partial charge < -0.3 is 35.6 Å². The number of likely N-dealkylation sites (tertiary alicyclic amines) is 1. The molecule has 1 saturated heterocycles. The maximum atomic E-state index is 13.1. The molecule has 0 saturated carbocycles. The number of carbonyl (C=O) groups excluding carboxylic acids is 1. The van der Waals surface area contributed by atoms with Gasteiger partial charge in [-0.1, -0.05) is 0 Å². The molecule has 9 heteroatoms. The van der Waals surface area contributed by atoms with Gasteiger partial charge in [0.2, 0.25) is 0 Å². The van der Waals surface area contributed by atoms with Crippen LogP contribution in [-0.4, -0.2) is 63.6 Å². The Morgan fingerprint density at radius 1 is 1.14 bits per heavy atom. The number of halogens is 1. The number of amides is 1. The monoisotopic (exact) mass is 544 g/mol. The molecule has 1 fully saturated rings. The smallest absolute Gasteiger partial charge is 0.255 e. The number of benzene rings is 2. The Labute approximate surface area is 215 Å². The molecule has 3 rings (SSSR count). The number of ether oxygens (including phenoxy) is 3. The molecule has 1 amide bonds. The van der Waals surface area contributed by atoms with Crippen LogP contribution in [0.15, 0.2) is 47.1 Å². The molecule has 0 spiro atoms. The van der Waals surface area contributed by atoms with Gasteiger partial charge >= 0.3 is 0 Å². The molecule has 0 bridgehead atoms. The number of methoxy groups -OCH3 is 3. The van der Waals surface area contributed by atoms with E-state index in [1.165, 1.54) is 12.4 Å². The third-order valence-electron chi connectivity index (χ3n) is 6.56. The second-order valence-corrected chi connectivity index (χ2v) is 9.24. The first kappa shape index (κ1) is 26.6. The first-order valence-electron chi connectivity index (χ1n) is 11.4. The normalized spacial score (nSPS) is 15.4. The van der Waals surface area contributed by atoms with Crippen molar-refractivity contribution in [3.8, 4) is 11.5 Å². The van der Waals surface area contributed by atoms with Crippen LogP contribution in [0.1, 0.15) is 35.2 Å². The molecule has 35 heavy (non-hydrogen) atoms. The third-order valence-corrected chi connectivity index (χ3v) is 7.21. The molecule has 0 atom stereocenters. The van der Waals surface area contributed by atoms with Crippen LogP contribution in [0.3, 0.4) is 0 Å². The average Bonchev–Trinajstić information content (AvgIpc) is 2.89. The molecule has 0 aliphatic carbocycles. The number of allylic oxidation sites excluding steroid dienone is 1. The van der Waals surface area contributed by atoms with Gasteiger partial charge in [0, 0.05) is 66.5 Å². The van der Waals surface area contributed by atoms with Crippen molar-refractivity contribution in [2.45, 2.75) is 24.9 Å². The summed E-state index contributed by atoms with van der Waals surface area (Å²) >= 11 is 3.49. The van der Waals surface area contributed by atoms with E-state index >= 15 is 0 Å². The summed E-state index contributed by atoms with van der Waals surface area (Å²) in [6.45, 7) is 1.97. The van der Waals surface area contributed by atoms with E-state index in [1.807, 2.05) is 29.2 Å². The zero-order valence-corrected chi connectivity index (χ0v) is 22.0. The van der Waals surface area contributed by atoms with Crippen LogP contribution in [0.4, 0.5) is 5.69 Å². The van der Waals surface area contributed by atoms with E-state index in [0.29, 0.717) is 42.3 Å². The zero-order chi connectivity index (χ0) is 25.4. The fourth-order valence-electron chi connectivity index (χ4n) is 4.33. The molecule has 188 valence electrons. The lowest BCUT2D eigenvalue weighted by Gasteiger charge is -2.41. The highest BCUT2D eigenvalue weighted by Crippen LogP contribution is 2.32. The summed E-state index contributed by atoms with van der Waals surface area (Å²) in [5.74, 6) is 1.36. The predicted molar refractivity (Wildman–Crippen MR) is 143 cm³/mol.